The van der Waals surface area contributed by atoms with Crippen molar-refractivity contribution in [2.24, 2.45) is 0 Å². The van der Waals surface area contributed by atoms with Crippen molar-refractivity contribution in [1.82, 2.24) is 9.88 Å². The van der Waals surface area contributed by atoms with Gasteiger partial charge in [0.15, 0.2) is 0 Å². The molecule has 3 aromatic carbocycles. The van der Waals surface area contributed by atoms with Gasteiger partial charge in [0.05, 0.1) is 5.69 Å². The Morgan fingerprint density at radius 1 is 0.917 bits per heavy atom. The third-order valence-corrected chi connectivity index (χ3v) is 6.21. The first-order chi connectivity index (χ1) is 17.4. The summed E-state index contributed by atoms with van der Waals surface area (Å²) in [4.78, 5) is 52.0. The number of nitrogens with one attached hydrogen (secondary N) is 2. The predicted molar refractivity (Wildman–Crippen MR) is 140 cm³/mol. The van der Waals surface area contributed by atoms with E-state index in [2.05, 4.69) is 26.6 Å². The summed E-state index contributed by atoms with van der Waals surface area (Å²) >= 11 is 3.33. The Morgan fingerprint density at radius 3 is 2.36 bits per heavy atom. The van der Waals surface area contributed by atoms with Crippen LogP contribution in [0.15, 0.2) is 95.1 Å². The lowest BCUT2D eigenvalue weighted by Crippen LogP contribution is -2.54. The molecule has 0 saturated carbocycles. The Kier molecular flexibility index (Phi) is 6.22. The Bertz CT molecular complexity index is 1540. The SMILES string of the molecule is O=C(Cn1cc(/C=C2/C(=O)NC(=O)N(c3ccc(Br)cc3)C2=O)c2ccccc21)Nc1ccccc1. The van der Waals surface area contributed by atoms with Gasteiger partial charge in [0.25, 0.3) is 11.8 Å². The molecule has 1 saturated heterocycles. The van der Waals surface area contributed by atoms with E-state index in [1.165, 1.54) is 6.08 Å². The molecule has 1 fully saturated rings. The van der Waals surface area contributed by atoms with Crippen LogP contribution in [0, 0.1) is 0 Å². The van der Waals surface area contributed by atoms with Crippen LogP contribution in [-0.2, 0) is 20.9 Å². The van der Waals surface area contributed by atoms with Gasteiger partial charge in [0.1, 0.15) is 12.1 Å². The van der Waals surface area contributed by atoms with Gasteiger partial charge in [-0.1, -0.05) is 52.3 Å². The number of urea groups is 1. The molecule has 5 rings (SSSR count). The number of halogens is 1. The fourth-order valence-electron chi connectivity index (χ4n) is 4.04. The number of barbiturate groups is 1. The molecule has 1 aromatic heterocycles. The molecule has 2 N–H and O–H groups in total. The molecule has 8 nitrogen and oxygen atoms in total. The minimum absolute atomic E-state index is 0.0300. The second-order valence-corrected chi connectivity index (χ2v) is 8.99. The standard InChI is InChI=1S/C27H19BrN4O4/c28-18-10-12-20(13-11-18)32-26(35)22(25(34)30-27(32)36)14-17-15-31(23-9-5-4-8-21(17)23)16-24(33)29-19-6-2-1-3-7-19/h1-15H,16H2,(H,29,33)(H,30,34,36)/b22-14-. The third-order valence-electron chi connectivity index (χ3n) is 5.68. The largest absolute Gasteiger partial charge is 0.337 e. The van der Waals surface area contributed by atoms with E-state index >= 15 is 0 Å². The van der Waals surface area contributed by atoms with Crippen LogP contribution < -0.4 is 15.5 Å². The molecular weight excluding hydrogens is 524 g/mol. The summed E-state index contributed by atoms with van der Waals surface area (Å²) in [6, 6.07) is 22.3. The lowest BCUT2D eigenvalue weighted by molar-refractivity contribution is -0.122. The molecule has 1 aliphatic rings. The number of hydrogen-bond acceptors (Lipinski definition) is 4. The van der Waals surface area contributed by atoms with Crippen molar-refractivity contribution >= 4 is 68.0 Å². The minimum atomic E-state index is -0.815. The number of carbonyl (C=O) groups is 4. The normalized spacial score (nSPS) is 14.9. The number of benzene rings is 3. The number of amides is 5. The fourth-order valence-corrected chi connectivity index (χ4v) is 4.30. The van der Waals surface area contributed by atoms with Crippen molar-refractivity contribution < 1.29 is 19.2 Å². The average Bonchev–Trinajstić information content (AvgIpc) is 3.20. The molecule has 178 valence electrons. The summed E-state index contributed by atoms with van der Waals surface area (Å²) in [6.45, 7) is 0.0300. The molecule has 5 amide bonds. The second-order valence-electron chi connectivity index (χ2n) is 8.08. The Hall–Kier alpha value is -4.50. The number of anilines is 2. The third kappa shape index (κ3) is 4.56. The van der Waals surface area contributed by atoms with E-state index in [4.69, 9.17) is 0 Å². The first-order valence-electron chi connectivity index (χ1n) is 11.0. The second kappa shape index (κ2) is 9.63. The van der Waals surface area contributed by atoms with Gasteiger partial charge in [-0.05, 0) is 48.5 Å². The monoisotopic (exact) mass is 542 g/mol. The average molecular weight is 543 g/mol. The molecule has 36 heavy (non-hydrogen) atoms. The molecule has 0 unspecified atom stereocenters. The summed E-state index contributed by atoms with van der Waals surface area (Å²) in [5, 5.41) is 5.84. The number of rotatable bonds is 5. The number of imide groups is 2. The highest BCUT2D eigenvalue weighted by atomic mass is 79.9. The van der Waals surface area contributed by atoms with Gasteiger partial charge in [-0.15, -0.1) is 0 Å². The minimum Gasteiger partial charge on any atom is -0.337 e. The first kappa shape index (κ1) is 23.3. The van der Waals surface area contributed by atoms with Gasteiger partial charge in [-0.3, -0.25) is 19.7 Å². The smallest absolute Gasteiger partial charge is 0.335 e. The maximum Gasteiger partial charge on any atom is 0.335 e. The van der Waals surface area contributed by atoms with Crippen LogP contribution in [0.25, 0.3) is 17.0 Å². The van der Waals surface area contributed by atoms with Crippen molar-refractivity contribution in [2.45, 2.75) is 6.54 Å². The number of hydrogen-bond donors (Lipinski definition) is 2. The van der Waals surface area contributed by atoms with Gasteiger partial charge >= 0.3 is 6.03 Å². The number of nitrogens with zero attached hydrogens (tertiary/aromatic N) is 2. The number of aromatic nitrogens is 1. The summed E-state index contributed by atoms with van der Waals surface area (Å²) < 4.78 is 2.54. The summed E-state index contributed by atoms with van der Waals surface area (Å²) in [7, 11) is 0. The summed E-state index contributed by atoms with van der Waals surface area (Å²) in [5.41, 5.74) is 2.16. The molecule has 0 aliphatic carbocycles. The summed E-state index contributed by atoms with van der Waals surface area (Å²) in [6.07, 6.45) is 3.16. The van der Waals surface area contributed by atoms with E-state index in [1.807, 2.05) is 42.5 Å². The highest BCUT2D eigenvalue weighted by Gasteiger charge is 2.37. The van der Waals surface area contributed by atoms with E-state index in [0.717, 1.165) is 20.3 Å². The molecular formula is C27H19BrN4O4. The lowest BCUT2D eigenvalue weighted by atomic mass is 10.1. The van der Waals surface area contributed by atoms with E-state index in [1.54, 1.807) is 47.2 Å². The van der Waals surface area contributed by atoms with E-state index < -0.39 is 17.8 Å². The fraction of sp³-hybridized carbons (Fsp3) is 0.0370. The number of para-hydroxylation sites is 2. The number of carbonyl (C=O) groups excluding carboxylic acids is 4. The molecule has 2 heterocycles. The van der Waals surface area contributed by atoms with Crippen LogP contribution in [0.4, 0.5) is 16.2 Å². The maximum atomic E-state index is 13.3. The Labute approximate surface area is 214 Å². The van der Waals surface area contributed by atoms with Crippen LogP contribution >= 0.6 is 15.9 Å². The van der Waals surface area contributed by atoms with Crippen LogP contribution in [-0.4, -0.2) is 28.3 Å². The Morgan fingerprint density at radius 2 is 1.61 bits per heavy atom. The quantitative estimate of drug-likeness (QED) is 0.281. The van der Waals surface area contributed by atoms with Gasteiger partial charge < -0.3 is 9.88 Å². The molecule has 0 bridgehead atoms. The molecule has 0 atom stereocenters. The van der Waals surface area contributed by atoms with E-state index in [0.29, 0.717) is 16.9 Å². The molecule has 4 aromatic rings. The van der Waals surface area contributed by atoms with Crippen LogP contribution in [0.1, 0.15) is 5.56 Å². The number of fused-ring (bicyclic) bond motifs is 1. The van der Waals surface area contributed by atoms with Gasteiger partial charge in [-0.2, -0.15) is 0 Å². The van der Waals surface area contributed by atoms with Crippen LogP contribution in [0.5, 0.6) is 0 Å². The molecule has 1 aliphatic heterocycles. The Balaban J connectivity index is 1.49. The highest BCUT2D eigenvalue weighted by Crippen LogP contribution is 2.27. The van der Waals surface area contributed by atoms with Crippen molar-refractivity contribution in [3.63, 3.8) is 0 Å². The lowest BCUT2D eigenvalue weighted by Gasteiger charge is -2.26. The highest BCUT2D eigenvalue weighted by molar-refractivity contribution is 9.10. The zero-order chi connectivity index (χ0) is 25.2. The zero-order valence-electron chi connectivity index (χ0n) is 18.8. The predicted octanol–water partition coefficient (Wildman–Crippen LogP) is 4.71. The van der Waals surface area contributed by atoms with Crippen molar-refractivity contribution in [1.29, 1.82) is 0 Å². The van der Waals surface area contributed by atoms with Crippen LogP contribution in [0.2, 0.25) is 0 Å². The molecule has 0 spiro atoms. The topological polar surface area (TPSA) is 101 Å². The zero-order valence-corrected chi connectivity index (χ0v) is 20.4. The molecule has 0 radical (unpaired) electrons. The van der Waals surface area contributed by atoms with Crippen molar-refractivity contribution in [3.05, 3.63) is 101 Å². The van der Waals surface area contributed by atoms with Gasteiger partial charge in [-0.25, -0.2) is 9.69 Å². The maximum absolute atomic E-state index is 13.3. The van der Waals surface area contributed by atoms with Crippen molar-refractivity contribution in [3.8, 4) is 0 Å². The van der Waals surface area contributed by atoms with Gasteiger partial charge in [0.2, 0.25) is 5.91 Å². The first-order valence-corrected chi connectivity index (χ1v) is 11.8. The van der Waals surface area contributed by atoms with E-state index in [9.17, 15) is 19.2 Å². The molecule has 9 heteroatoms. The summed E-state index contributed by atoms with van der Waals surface area (Å²) in [5.74, 6) is -1.73. The van der Waals surface area contributed by atoms with Crippen LogP contribution in [0.3, 0.4) is 0 Å². The van der Waals surface area contributed by atoms with Crippen molar-refractivity contribution in [2.75, 3.05) is 10.2 Å². The van der Waals surface area contributed by atoms with E-state index in [-0.39, 0.29) is 18.0 Å². The van der Waals surface area contributed by atoms with Gasteiger partial charge in [0, 0.05) is 32.8 Å².